The highest BCUT2D eigenvalue weighted by Gasteiger charge is 2.30. The van der Waals surface area contributed by atoms with Crippen LogP contribution < -0.4 is 5.73 Å². The number of hydrogen-bond acceptors (Lipinski definition) is 3. The van der Waals surface area contributed by atoms with Crippen LogP contribution in [0.5, 0.6) is 0 Å². The Bertz CT molecular complexity index is 328. The number of likely N-dealkylation sites (tertiary alicyclic amines) is 1. The van der Waals surface area contributed by atoms with Gasteiger partial charge in [-0.2, -0.15) is 0 Å². The van der Waals surface area contributed by atoms with Gasteiger partial charge in [-0.15, -0.1) is 0 Å². The molecule has 2 rings (SSSR count). The Morgan fingerprint density at radius 1 is 1.35 bits per heavy atom. The molecule has 1 heterocycles. The molecular formula is C14H22N2O. The molecule has 1 aliphatic heterocycles. The van der Waals surface area contributed by atoms with Crippen LogP contribution in [0, 0.1) is 0 Å². The van der Waals surface area contributed by atoms with E-state index < -0.39 is 0 Å². The second-order valence-corrected chi connectivity index (χ2v) is 4.71. The van der Waals surface area contributed by atoms with Gasteiger partial charge in [-0.05, 0) is 31.4 Å². The largest absolute Gasteiger partial charge is 0.396 e. The molecule has 1 aliphatic rings. The van der Waals surface area contributed by atoms with E-state index in [1.165, 1.54) is 18.4 Å². The number of benzene rings is 1. The van der Waals surface area contributed by atoms with E-state index in [9.17, 15) is 0 Å². The maximum Gasteiger partial charge on any atom is 0.0473 e. The van der Waals surface area contributed by atoms with Gasteiger partial charge in [-0.3, -0.25) is 4.90 Å². The Labute approximate surface area is 103 Å². The third-order valence-corrected chi connectivity index (χ3v) is 3.69. The third-order valence-electron chi connectivity index (χ3n) is 3.69. The van der Waals surface area contributed by atoms with Crippen molar-refractivity contribution < 1.29 is 5.11 Å². The zero-order valence-corrected chi connectivity index (χ0v) is 10.3. The summed E-state index contributed by atoms with van der Waals surface area (Å²) in [4.78, 5) is 2.46. The van der Waals surface area contributed by atoms with Gasteiger partial charge >= 0.3 is 0 Å². The molecule has 0 amide bonds. The van der Waals surface area contributed by atoms with Crippen molar-refractivity contribution in [2.75, 3.05) is 19.7 Å². The van der Waals surface area contributed by atoms with Crippen LogP contribution in [0.4, 0.5) is 0 Å². The summed E-state index contributed by atoms with van der Waals surface area (Å²) in [6.07, 6.45) is 3.27. The lowest BCUT2D eigenvalue weighted by atomic mass is 10.0. The standard InChI is InChI=1S/C14H22N2O/c15-11-14(12-5-2-1-3-6-12)16-9-4-7-13(16)8-10-17/h1-3,5-6,13-14,17H,4,7-11,15H2. The molecule has 1 aromatic carbocycles. The van der Waals surface area contributed by atoms with Crippen LogP contribution in [0.1, 0.15) is 30.9 Å². The number of nitrogens with two attached hydrogens (primary N) is 1. The Morgan fingerprint density at radius 3 is 2.76 bits per heavy atom. The van der Waals surface area contributed by atoms with Crippen LogP contribution in [0.15, 0.2) is 30.3 Å². The fraction of sp³-hybridized carbons (Fsp3) is 0.571. The Kier molecular flexibility index (Phi) is 4.54. The van der Waals surface area contributed by atoms with E-state index >= 15 is 0 Å². The second-order valence-electron chi connectivity index (χ2n) is 4.71. The predicted octanol–water partition coefficient (Wildman–Crippen LogP) is 1.53. The lowest BCUT2D eigenvalue weighted by molar-refractivity contribution is 0.151. The van der Waals surface area contributed by atoms with Crippen LogP contribution >= 0.6 is 0 Å². The van der Waals surface area contributed by atoms with Gasteiger partial charge in [0.2, 0.25) is 0 Å². The highest BCUT2D eigenvalue weighted by Crippen LogP contribution is 2.30. The van der Waals surface area contributed by atoms with Crippen molar-refractivity contribution in [1.29, 1.82) is 0 Å². The van der Waals surface area contributed by atoms with Crippen molar-refractivity contribution in [3.8, 4) is 0 Å². The van der Waals surface area contributed by atoms with Crippen LogP contribution in [-0.2, 0) is 0 Å². The number of hydrogen-bond donors (Lipinski definition) is 2. The summed E-state index contributed by atoms with van der Waals surface area (Å²) >= 11 is 0. The molecular weight excluding hydrogens is 212 g/mol. The van der Waals surface area contributed by atoms with Crippen molar-refractivity contribution in [2.45, 2.75) is 31.3 Å². The van der Waals surface area contributed by atoms with Crippen molar-refractivity contribution in [2.24, 2.45) is 5.73 Å². The molecule has 94 valence electrons. The topological polar surface area (TPSA) is 49.5 Å². The molecule has 0 spiro atoms. The van der Waals surface area contributed by atoms with Crippen LogP contribution in [0.3, 0.4) is 0 Å². The van der Waals surface area contributed by atoms with Gasteiger partial charge in [0.05, 0.1) is 0 Å². The summed E-state index contributed by atoms with van der Waals surface area (Å²) in [6.45, 7) is 2.01. The van der Waals surface area contributed by atoms with Crippen molar-refractivity contribution in [3.63, 3.8) is 0 Å². The maximum atomic E-state index is 9.11. The summed E-state index contributed by atoms with van der Waals surface area (Å²) in [7, 11) is 0. The normalized spacial score (nSPS) is 22.8. The summed E-state index contributed by atoms with van der Waals surface area (Å²) in [5, 5.41) is 9.11. The van der Waals surface area contributed by atoms with E-state index in [0.717, 1.165) is 13.0 Å². The lowest BCUT2D eigenvalue weighted by Gasteiger charge is -2.32. The van der Waals surface area contributed by atoms with Crippen LogP contribution in [-0.4, -0.2) is 35.7 Å². The van der Waals surface area contributed by atoms with E-state index in [1.807, 2.05) is 6.07 Å². The number of nitrogens with zero attached hydrogens (tertiary/aromatic N) is 1. The molecule has 0 radical (unpaired) electrons. The molecule has 0 aliphatic carbocycles. The predicted molar refractivity (Wildman–Crippen MR) is 69.7 cm³/mol. The average molecular weight is 234 g/mol. The minimum Gasteiger partial charge on any atom is -0.396 e. The monoisotopic (exact) mass is 234 g/mol. The van der Waals surface area contributed by atoms with E-state index in [1.54, 1.807) is 0 Å². The minimum absolute atomic E-state index is 0.271. The van der Waals surface area contributed by atoms with Gasteiger partial charge in [-0.1, -0.05) is 30.3 Å². The smallest absolute Gasteiger partial charge is 0.0473 e. The van der Waals surface area contributed by atoms with Gasteiger partial charge in [0.15, 0.2) is 0 Å². The first-order valence-corrected chi connectivity index (χ1v) is 6.48. The number of aliphatic hydroxyl groups excluding tert-OH is 1. The third kappa shape index (κ3) is 2.86. The molecule has 0 bridgehead atoms. The molecule has 3 N–H and O–H groups in total. The van der Waals surface area contributed by atoms with Gasteiger partial charge in [0, 0.05) is 25.2 Å². The summed E-state index contributed by atoms with van der Waals surface area (Å²) in [6, 6.07) is 11.2. The molecule has 2 unspecified atom stereocenters. The van der Waals surface area contributed by atoms with Crippen LogP contribution in [0.25, 0.3) is 0 Å². The highest BCUT2D eigenvalue weighted by molar-refractivity contribution is 5.20. The first kappa shape index (κ1) is 12.6. The van der Waals surface area contributed by atoms with Gasteiger partial charge in [0.25, 0.3) is 0 Å². The Balaban J connectivity index is 2.12. The zero-order valence-electron chi connectivity index (χ0n) is 10.3. The Hall–Kier alpha value is -0.900. The fourth-order valence-corrected chi connectivity index (χ4v) is 2.87. The molecule has 3 heteroatoms. The summed E-state index contributed by atoms with van der Waals surface area (Å²) in [5.74, 6) is 0. The first-order chi connectivity index (χ1) is 8.36. The van der Waals surface area contributed by atoms with Gasteiger partial charge < -0.3 is 10.8 Å². The second kappa shape index (κ2) is 6.15. The summed E-state index contributed by atoms with van der Waals surface area (Å²) in [5.41, 5.74) is 7.23. The SMILES string of the molecule is NCC(c1ccccc1)N1CCCC1CCO. The van der Waals surface area contributed by atoms with Crippen molar-refractivity contribution >= 4 is 0 Å². The highest BCUT2D eigenvalue weighted by atomic mass is 16.3. The number of aliphatic hydroxyl groups is 1. The van der Waals surface area contributed by atoms with E-state index in [4.69, 9.17) is 10.8 Å². The molecule has 1 fully saturated rings. The first-order valence-electron chi connectivity index (χ1n) is 6.48. The molecule has 17 heavy (non-hydrogen) atoms. The van der Waals surface area contributed by atoms with Gasteiger partial charge in [-0.25, -0.2) is 0 Å². The number of rotatable bonds is 5. The Morgan fingerprint density at radius 2 is 2.12 bits per heavy atom. The van der Waals surface area contributed by atoms with E-state index in [0.29, 0.717) is 18.6 Å². The molecule has 0 saturated carbocycles. The molecule has 3 nitrogen and oxygen atoms in total. The van der Waals surface area contributed by atoms with E-state index in [2.05, 4.69) is 29.2 Å². The molecule has 0 aromatic heterocycles. The van der Waals surface area contributed by atoms with E-state index in [-0.39, 0.29) is 6.61 Å². The average Bonchev–Trinajstić information content (AvgIpc) is 2.81. The molecule has 2 atom stereocenters. The fourth-order valence-electron chi connectivity index (χ4n) is 2.87. The van der Waals surface area contributed by atoms with Crippen molar-refractivity contribution in [3.05, 3.63) is 35.9 Å². The lowest BCUT2D eigenvalue weighted by Crippen LogP contribution is -2.37. The van der Waals surface area contributed by atoms with Crippen molar-refractivity contribution in [1.82, 2.24) is 4.90 Å². The van der Waals surface area contributed by atoms with Gasteiger partial charge in [0.1, 0.15) is 0 Å². The summed E-state index contributed by atoms with van der Waals surface area (Å²) < 4.78 is 0. The molecule has 1 aromatic rings. The maximum absolute atomic E-state index is 9.11. The van der Waals surface area contributed by atoms with Crippen LogP contribution in [0.2, 0.25) is 0 Å². The quantitative estimate of drug-likeness (QED) is 0.812. The zero-order chi connectivity index (χ0) is 12.1. The minimum atomic E-state index is 0.271. The molecule has 1 saturated heterocycles.